The molecule has 0 heterocycles. The van der Waals surface area contributed by atoms with E-state index in [4.69, 9.17) is 7.85 Å². The van der Waals surface area contributed by atoms with Crippen molar-refractivity contribution in [3.05, 3.63) is 57.8 Å². The van der Waals surface area contributed by atoms with Gasteiger partial charge < -0.3 is 5.32 Å². The normalized spacial score (nSPS) is 11.3. The van der Waals surface area contributed by atoms with E-state index >= 15 is 0 Å². The molecule has 2 aromatic carbocycles. The van der Waals surface area contributed by atoms with Gasteiger partial charge in [-0.25, -0.2) is 4.39 Å². The van der Waals surface area contributed by atoms with E-state index in [1.165, 1.54) is 18.2 Å². The van der Waals surface area contributed by atoms with Crippen LogP contribution in [0.1, 0.15) is 15.9 Å². The van der Waals surface area contributed by atoms with Crippen LogP contribution in [0.3, 0.4) is 0 Å². The quantitative estimate of drug-likeness (QED) is 0.633. The van der Waals surface area contributed by atoms with Crippen molar-refractivity contribution in [2.24, 2.45) is 0 Å². The highest BCUT2D eigenvalue weighted by molar-refractivity contribution is 9.10. The molecular weight excluding hydrogens is 365 g/mol. The van der Waals surface area contributed by atoms with Crippen molar-refractivity contribution in [3.8, 4) is 0 Å². The summed E-state index contributed by atoms with van der Waals surface area (Å²) >= 11 is 2.78. The average molecular weight is 372 g/mol. The molecule has 0 aliphatic carbocycles. The van der Waals surface area contributed by atoms with E-state index in [1.807, 2.05) is 0 Å². The number of rotatable bonds is 2. The first-order valence-electron chi connectivity index (χ1n) is 5.91. The minimum atomic E-state index is -4.59. The van der Waals surface area contributed by atoms with Crippen LogP contribution in [0, 0.1) is 5.82 Å². The first-order valence-corrected chi connectivity index (χ1v) is 6.71. The zero-order valence-corrected chi connectivity index (χ0v) is 12.4. The summed E-state index contributed by atoms with van der Waals surface area (Å²) in [6.07, 6.45) is -4.59. The molecule has 8 heteroatoms. The second-order valence-corrected chi connectivity index (χ2v) is 5.24. The maximum Gasteiger partial charge on any atom is 0.417 e. The van der Waals surface area contributed by atoms with Crippen LogP contribution in [0.5, 0.6) is 0 Å². The van der Waals surface area contributed by atoms with Crippen LogP contribution in [0.25, 0.3) is 0 Å². The molecule has 112 valence electrons. The Hall–Kier alpha value is -1.83. The van der Waals surface area contributed by atoms with E-state index in [2.05, 4.69) is 21.2 Å². The van der Waals surface area contributed by atoms with Crippen LogP contribution in [0.15, 0.2) is 40.9 Å². The molecule has 0 atom stereocenters. The molecule has 22 heavy (non-hydrogen) atoms. The SMILES string of the molecule is [B]c1ccc(NC(=O)c2ccc(Br)c(C(F)(F)F)c2)cc1F. The zero-order valence-electron chi connectivity index (χ0n) is 10.8. The van der Waals surface area contributed by atoms with Crippen molar-refractivity contribution in [2.75, 3.05) is 5.32 Å². The molecule has 0 saturated heterocycles. The number of hydrogen-bond acceptors (Lipinski definition) is 1. The van der Waals surface area contributed by atoms with Crippen LogP contribution in [-0.4, -0.2) is 13.8 Å². The van der Waals surface area contributed by atoms with Gasteiger partial charge in [-0.15, -0.1) is 0 Å². The number of alkyl halides is 3. The van der Waals surface area contributed by atoms with E-state index in [1.54, 1.807) is 0 Å². The zero-order chi connectivity index (χ0) is 16.5. The summed E-state index contributed by atoms with van der Waals surface area (Å²) in [6, 6.07) is 6.64. The van der Waals surface area contributed by atoms with Crippen molar-refractivity contribution < 1.29 is 22.4 Å². The van der Waals surface area contributed by atoms with Gasteiger partial charge >= 0.3 is 6.18 Å². The highest BCUT2D eigenvalue weighted by Crippen LogP contribution is 2.35. The molecule has 2 radical (unpaired) electrons. The van der Waals surface area contributed by atoms with Gasteiger partial charge in [-0.1, -0.05) is 27.5 Å². The van der Waals surface area contributed by atoms with Gasteiger partial charge in [-0.2, -0.15) is 13.2 Å². The van der Waals surface area contributed by atoms with Gasteiger partial charge in [0.05, 0.1) is 5.56 Å². The van der Waals surface area contributed by atoms with Crippen LogP contribution in [0.4, 0.5) is 23.2 Å². The number of carbonyl (C=O) groups excluding carboxylic acids is 1. The Kier molecular flexibility index (Phi) is 4.60. The van der Waals surface area contributed by atoms with Crippen LogP contribution in [-0.2, 0) is 6.18 Å². The van der Waals surface area contributed by atoms with Gasteiger partial charge in [0.1, 0.15) is 13.7 Å². The van der Waals surface area contributed by atoms with E-state index in [9.17, 15) is 22.4 Å². The lowest BCUT2D eigenvalue weighted by molar-refractivity contribution is -0.138. The van der Waals surface area contributed by atoms with Crippen LogP contribution < -0.4 is 10.8 Å². The van der Waals surface area contributed by atoms with Crippen molar-refractivity contribution in [1.29, 1.82) is 0 Å². The van der Waals surface area contributed by atoms with Gasteiger partial charge in [0.25, 0.3) is 5.91 Å². The third kappa shape index (κ3) is 3.68. The van der Waals surface area contributed by atoms with E-state index in [0.29, 0.717) is 6.07 Å². The molecule has 2 rings (SSSR count). The van der Waals surface area contributed by atoms with Gasteiger partial charge in [-0.05, 0) is 30.3 Å². The smallest absolute Gasteiger partial charge is 0.322 e. The van der Waals surface area contributed by atoms with Crippen molar-refractivity contribution in [2.45, 2.75) is 6.18 Å². The molecule has 0 aromatic heterocycles. The minimum absolute atomic E-state index is 0.0909. The van der Waals surface area contributed by atoms with Gasteiger partial charge in [0.2, 0.25) is 0 Å². The van der Waals surface area contributed by atoms with Crippen LogP contribution >= 0.6 is 15.9 Å². The number of benzene rings is 2. The average Bonchev–Trinajstić information content (AvgIpc) is 2.42. The summed E-state index contributed by atoms with van der Waals surface area (Å²) in [5.74, 6) is -1.52. The largest absolute Gasteiger partial charge is 0.417 e. The molecule has 0 fully saturated rings. The predicted octanol–water partition coefficient (Wildman–Crippen LogP) is 3.65. The minimum Gasteiger partial charge on any atom is -0.322 e. The summed E-state index contributed by atoms with van der Waals surface area (Å²) in [5, 5.41) is 2.31. The molecule has 1 N–H and O–H groups in total. The Morgan fingerprint density at radius 3 is 2.41 bits per heavy atom. The molecule has 0 unspecified atom stereocenters. The topological polar surface area (TPSA) is 29.1 Å². The van der Waals surface area contributed by atoms with Gasteiger partial charge in [0.15, 0.2) is 0 Å². The van der Waals surface area contributed by atoms with Gasteiger partial charge in [-0.3, -0.25) is 4.79 Å². The molecule has 0 saturated carbocycles. The lowest BCUT2D eigenvalue weighted by atomic mass is 9.95. The predicted molar refractivity (Wildman–Crippen MR) is 78.9 cm³/mol. The lowest BCUT2D eigenvalue weighted by Crippen LogP contribution is -2.16. The fourth-order valence-electron chi connectivity index (χ4n) is 1.69. The number of amides is 1. The highest BCUT2D eigenvalue weighted by atomic mass is 79.9. The van der Waals surface area contributed by atoms with E-state index in [0.717, 1.165) is 12.1 Å². The number of halogens is 5. The Morgan fingerprint density at radius 1 is 1.14 bits per heavy atom. The highest BCUT2D eigenvalue weighted by Gasteiger charge is 2.33. The third-order valence-electron chi connectivity index (χ3n) is 2.79. The fraction of sp³-hybridized carbons (Fsp3) is 0.0714. The summed E-state index contributed by atoms with van der Waals surface area (Å²) in [5.41, 5.74) is -1.18. The third-order valence-corrected chi connectivity index (χ3v) is 3.48. The Bertz CT molecular complexity index is 733. The lowest BCUT2D eigenvalue weighted by Gasteiger charge is -2.11. The van der Waals surface area contributed by atoms with E-state index in [-0.39, 0.29) is 21.2 Å². The molecule has 0 aliphatic rings. The molecule has 0 bridgehead atoms. The monoisotopic (exact) mass is 371 g/mol. The summed E-state index contributed by atoms with van der Waals surface area (Å²) < 4.78 is 51.5. The first-order chi connectivity index (χ1) is 10.2. The van der Waals surface area contributed by atoms with E-state index < -0.39 is 23.5 Å². The summed E-state index contributed by atoms with van der Waals surface area (Å²) in [4.78, 5) is 12.0. The number of hydrogen-bond donors (Lipinski definition) is 1. The number of nitrogens with one attached hydrogen (secondary N) is 1. The molecular formula is C14H7BBrF4NO. The number of anilines is 1. The molecule has 1 amide bonds. The van der Waals surface area contributed by atoms with Crippen molar-refractivity contribution >= 4 is 40.8 Å². The number of carbonyl (C=O) groups is 1. The Morgan fingerprint density at radius 2 is 1.82 bits per heavy atom. The molecule has 2 aromatic rings. The molecule has 0 aliphatic heterocycles. The van der Waals surface area contributed by atoms with Crippen molar-refractivity contribution in [1.82, 2.24) is 0 Å². The summed E-state index contributed by atoms with van der Waals surface area (Å²) in [7, 11) is 5.30. The maximum absolute atomic E-state index is 13.3. The second-order valence-electron chi connectivity index (χ2n) is 4.38. The molecule has 2 nitrogen and oxygen atoms in total. The first kappa shape index (κ1) is 16.5. The maximum atomic E-state index is 13.3. The fourth-order valence-corrected chi connectivity index (χ4v) is 2.16. The Balaban J connectivity index is 2.28. The van der Waals surface area contributed by atoms with Crippen LogP contribution in [0.2, 0.25) is 0 Å². The van der Waals surface area contributed by atoms with Gasteiger partial charge in [0, 0.05) is 15.7 Å². The standard InChI is InChI=1S/C14H7BBrF4NO/c15-10-3-2-8(6-12(10)17)21-13(22)7-1-4-11(16)9(5-7)14(18,19)20/h1-6H,(H,21,22). The molecule has 0 spiro atoms. The van der Waals surface area contributed by atoms with Crippen molar-refractivity contribution in [3.63, 3.8) is 0 Å². The Labute approximate surface area is 133 Å². The summed E-state index contributed by atoms with van der Waals surface area (Å²) in [6.45, 7) is 0. The second kappa shape index (κ2) is 6.12.